The van der Waals surface area contributed by atoms with Gasteiger partial charge in [0.25, 0.3) is 0 Å². The molecule has 6 rings (SSSR count). The van der Waals surface area contributed by atoms with Crippen LogP contribution in [0.1, 0.15) is 49.7 Å². The highest BCUT2D eigenvalue weighted by molar-refractivity contribution is 5.87. The van der Waals surface area contributed by atoms with Crippen LogP contribution in [0.2, 0.25) is 0 Å². The Morgan fingerprint density at radius 3 is 2.90 bits per heavy atom. The molecule has 4 aliphatic heterocycles. The van der Waals surface area contributed by atoms with Crippen LogP contribution in [-0.4, -0.2) is 104 Å². The highest BCUT2D eigenvalue weighted by Gasteiger charge is 2.51. The minimum Gasteiger partial charge on any atom is -0.496 e. The Hall–Kier alpha value is -2.52. The molecular formula is C32H46N6O4. The van der Waals surface area contributed by atoms with E-state index >= 15 is 0 Å². The first-order chi connectivity index (χ1) is 20.4. The molecule has 42 heavy (non-hydrogen) atoms. The molecule has 0 radical (unpaired) electrons. The van der Waals surface area contributed by atoms with E-state index in [-0.39, 0.29) is 36.1 Å². The summed E-state index contributed by atoms with van der Waals surface area (Å²) in [7, 11) is 3.93. The second kappa shape index (κ2) is 12.6. The number of fused-ring (bicyclic) bond motifs is 2. The molecule has 228 valence electrons. The molecule has 10 nitrogen and oxygen atoms in total. The third kappa shape index (κ3) is 5.83. The lowest BCUT2D eigenvalue weighted by Gasteiger charge is -2.56. The molecule has 1 saturated carbocycles. The van der Waals surface area contributed by atoms with Crippen molar-refractivity contribution in [3.8, 4) is 11.8 Å². The van der Waals surface area contributed by atoms with E-state index in [1.54, 1.807) is 7.11 Å². The zero-order valence-electron chi connectivity index (χ0n) is 25.1. The Bertz CT molecular complexity index is 1180. The lowest BCUT2D eigenvalue weighted by atomic mass is 9.69. The molecule has 3 saturated heterocycles. The first-order valence-electron chi connectivity index (χ1n) is 15.6. The summed E-state index contributed by atoms with van der Waals surface area (Å²) in [4.78, 5) is 19.2. The molecule has 7 atom stereocenters. The molecule has 4 heterocycles. The van der Waals surface area contributed by atoms with Gasteiger partial charge in [0, 0.05) is 49.6 Å². The zero-order valence-corrected chi connectivity index (χ0v) is 25.1. The maximum absolute atomic E-state index is 12.6. The molecule has 1 aromatic rings. The van der Waals surface area contributed by atoms with Gasteiger partial charge in [0.05, 0.1) is 50.6 Å². The van der Waals surface area contributed by atoms with Crippen LogP contribution < -0.4 is 15.4 Å². The van der Waals surface area contributed by atoms with Crippen LogP contribution in [0.3, 0.4) is 0 Å². The molecule has 6 unspecified atom stereocenters. The molecular weight excluding hydrogens is 532 g/mol. The summed E-state index contributed by atoms with van der Waals surface area (Å²) in [5.41, 5.74) is 2.25. The van der Waals surface area contributed by atoms with Crippen molar-refractivity contribution in [2.75, 3.05) is 46.9 Å². The predicted molar refractivity (Wildman–Crippen MR) is 158 cm³/mol. The maximum Gasteiger partial charge on any atom is 0.246 e. The fourth-order valence-corrected chi connectivity index (χ4v) is 8.09. The number of nitrogens with one attached hydrogen (secondary N) is 2. The van der Waals surface area contributed by atoms with E-state index in [0.717, 1.165) is 50.9 Å². The van der Waals surface area contributed by atoms with Crippen LogP contribution >= 0.6 is 0 Å². The highest BCUT2D eigenvalue weighted by atomic mass is 16.5. The lowest BCUT2D eigenvalue weighted by molar-refractivity contribution is -0.153. The molecule has 5 aliphatic rings. The minimum atomic E-state index is -0.284. The first-order valence-corrected chi connectivity index (χ1v) is 15.6. The summed E-state index contributed by atoms with van der Waals surface area (Å²) in [6.45, 7) is 8.06. The Kier molecular flexibility index (Phi) is 8.87. The van der Waals surface area contributed by atoms with Crippen molar-refractivity contribution in [3.05, 3.63) is 42.0 Å². The number of piperazine rings is 1. The number of nitriles is 1. The number of likely N-dealkylation sites (N-methyl/N-ethyl adjacent to an activating group) is 1. The standard InChI is InChI=1S/C32H46N6O4/c1-4-29(39)38-16-15-37(19-23(38)11-13-33)30-25-10-12-32(17-26-22(20-42-32)7-5-9-28(26)40-3)18-27(25)34-31(35-30)41-21-24-8-6-14-36(24)2/h4-5,7,9,23-25,27,30-31,34-35H,1,6,8,10-12,14-21H2,2-3H3/t23?,24?,25?,27?,30?,31?,32-/m1/s1. The van der Waals surface area contributed by atoms with Gasteiger partial charge in [-0.3, -0.25) is 20.3 Å². The van der Waals surface area contributed by atoms with Gasteiger partial charge in [-0.1, -0.05) is 18.7 Å². The smallest absolute Gasteiger partial charge is 0.246 e. The van der Waals surface area contributed by atoms with Gasteiger partial charge in [0.15, 0.2) is 6.35 Å². The van der Waals surface area contributed by atoms with Crippen molar-refractivity contribution in [2.24, 2.45) is 5.92 Å². The number of hydrogen-bond donors (Lipinski definition) is 2. The Labute approximate surface area is 249 Å². The van der Waals surface area contributed by atoms with Gasteiger partial charge in [-0.05, 0) is 63.4 Å². The van der Waals surface area contributed by atoms with Gasteiger partial charge in [0.1, 0.15) is 5.75 Å². The second-order valence-corrected chi connectivity index (χ2v) is 12.8. The monoisotopic (exact) mass is 578 g/mol. The Balaban J connectivity index is 1.22. The van der Waals surface area contributed by atoms with Crippen molar-refractivity contribution < 1.29 is 19.0 Å². The lowest BCUT2D eigenvalue weighted by Crippen LogP contribution is -2.73. The van der Waals surface area contributed by atoms with Gasteiger partial charge < -0.3 is 24.0 Å². The van der Waals surface area contributed by atoms with Crippen molar-refractivity contribution in [1.82, 2.24) is 25.3 Å². The summed E-state index contributed by atoms with van der Waals surface area (Å²) in [5.74, 6) is 1.19. The number of nitrogens with zero attached hydrogens (tertiary/aromatic N) is 4. The zero-order chi connectivity index (χ0) is 29.3. The summed E-state index contributed by atoms with van der Waals surface area (Å²) >= 11 is 0. The van der Waals surface area contributed by atoms with E-state index in [0.29, 0.717) is 44.7 Å². The number of carbonyl (C=O) groups is 1. The van der Waals surface area contributed by atoms with E-state index in [1.807, 2.05) is 11.0 Å². The average Bonchev–Trinajstić information content (AvgIpc) is 3.43. The molecule has 1 aliphatic carbocycles. The van der Waals surface area contributed by atoms with Gasteiger partial charge in [-0.2, -0.15) is 5.26 Å². The van der Waals surface area contributed by atoms with Crippen LogP contribution in [-0.2, 0) is 27.3 Å². The fourth-order valence-electron chi connectivity index (χ4n) is 8.09. The number of methoxy groups -OCH3 is 1. The largest absolute Gasteiger partial charge is 0.496 e. The normalized spacial score (nSPS) is 35.3. The topological polar surface area (TPSA) is 102 Å². The Morgan fingerprint density at radius 1 is 1.26 bits per heavy atom. The summed E-state index contributed by atoms with van der Waals surface area (Å²) < 4.78 is 19.0. The van der Waals surface area contributed by atoms with E-state index in [9.17, 15) is 10.1 Å². The quantitative estimate of drug-likeness (QED) is 0.472. The highest BCUT2D eigenvalue weighted by Crippen LogP contribution is 2.45. The average molecular weight is 579 g/mol. The van der Waals surface area contributed by atoms with Crippen LogP contribution in [0.5, 0.6) is 5.75 Å². The van der Waals surface area contributed by atoms with Crippen molar-refractivity contribution in [3.63, 3.8) is 0 Å². The summed E-state index contributed by atoms with van der Waals surface area (Å²) in [6.07, 6.45) is 7.55. The minimum absolute atomic E-state index is 0.0764. The van der Waals surface area contributed by atoms with Crippen LogP contribution in [0, 0.1) is 17.2 Å². The summed E-state index contributed by atoms with van der Waals surface area (Å²) in [6, 6.07) is 9.03. The number of carbonyl (C=O) groups excluding carboxylic acids is 1. The van der Waals surface area contributed by atoms with E-state index < -0.39 is 0 Å². The first kappa shape index (κ1) is 29.5. The molecule has 0 bridgehead atoms. The van der Waals surface area contributed by atoms with Crippen LogP contribution in [0.25, 0.3) is 0 Å². The number of benzene rings is 1. The van der Waals surface area contributed by atoms with Crippen LogP contribution in [0.15, 0.2) is 30.9 Å². The number of hydrogen-bond acceptors (Lipinski definition) is 9. The van der Waals surface area contributed by atoms with Gasteiger partial charge >= 0.3 is 0 Å². The van der Waals surface area contributed by atoms with Gasteiger partial charge in [-0.15, -0.1) is 0 Å². The van der Waals surface area contributed by atoms with Crippen molar-refractivity contribution >= 4 is 5.91 Å². The van der Waals surface area contributed by atoms with Crippen molar-refractivity contribution in [1.29, 1.82) is 5.26 Å². The van der Waals surface area contributed by atoms with E-state index in [1.165, 1.54) is 23.6 Å². The molecule has 10 heteroatoms. The van der Waals surface area contributed by atoms with Crippen molar-refractivity contribution in [2.45, 2.75) is 87.8 Å². The van der Waals surface area contributed by atoms with Gasteiger partial charge in [-0.25, -0.2) is 0 Å². The maximum atomic E-state index is 12.6. The summed E-state index contributed by atoms with van der Waals surface area (Å²) in [5, 5.41) is 17.2. The molecule has 2 N–H and O–H groups in total. The molecule has 0 aromatic heterocycles. The SMILES string of the molecule is C=CC(=O)N1CCN(C2NC(OCC3CCCN3C)NC3C[C@@]4(CCC32)Cc2c(cccc2OC)CO4)CC1CC#N. The third-order valence-electron chi connectivity index (χ3n) is 10.4. The van der Waals surface area contributed by atoms with E-state index in [4.69, 9.17) is 14.2 Å². The number of rotatable bonds is 7. The van der Waals surface area contributed by atoms with Crippen LogP contribution in [0.4, 0.5) is 0 Å². The number of likely N-dealkylation sites (tertiary alicyclic amines) is 1. The number of amides is 1. The molecule has 1 amide bonds. The van der Waals surface area contributed by atoms with Gasteiger partial charge in [0.2, 0.25) is 5.91 Å². The second-order valence-electron chi connectivity index (χ2n) is 12.8. The Morgan fingerprint density at radius 2 is 2.14 bits per heavy atom. The number of ether oxygens (including phenoxy) is 3. The molecule has 1 spiro atoms. The molecule has 4 fully saturated rings. The third-order valence-corrected chi connectivity index (χ3v) is 10.4. The van der Waals surface area contributed by atoms with E-state index in [2.05, 4.69) is 52.3 Å². The fraction of sp³-hybridized carbons (Fsp3) is 0.688. The molecule has 1 aromatic carbocycles. The predicted octanol–water partition coefficient (Wildman–Crippen LogP) is 2.20.